The van der Waals surface area contributed by atoms with E-state index in [1.54, 1.807) is 20.8 Å². The van der Waals surface area contributed by atoms with Gasteiger partial charge in [0.15, 0.2) is 5.82 Å². The molecule has 0 aliphatic heterocycles. The molecule has 0 saturated heterocycles. The summed E-state index contributed by atoms with van der Waals surface area (Å²) in [5, 5.41) is 17.0. The Balaban J connectivity index is 2.25. The second-order valence-electron chi connectivity index (χ2n) is 4.21. The monoisotopic (exact) mass is 293 g/mol. The average molecular weight is 293 g/mol. The lowest BCUT2D eigenvalue weighted by atomic mass is 10.2. The number of aromatic amines is 1. The summed E-state index contributed by atoms with van der Waals surface area (Å²) in [5.41, 5.74) is 1.14. The van der Waals surface area contributed by atoms with Crippen molar-refractivity contribution in [2.24, 2.45) is 0 Å². The topological polar surface area (TPSA) is 109 Å². The molecule has 8 nitrogen and oxygen atoms in total. The van der Waals surface area contributed by atoms with E-state index in [4.69, 9.17) is 0 Å². The van der Waals surface area contributed by atoms with Crippen LogP contribution in [-0.2, 0) is 0 Å². The third kappa shape index (κ3) is 2.93. The fourth-order valence-electron chi connectivity index (χ4n) is 1.78. The van der Waals surface area contributed by atoms with Crippen LogP contribution in [0.1, 0.15) is 40.7 Å². The summed E-state index contributed by atoms with van der Waals surface area (Å²) >= 11 is 1.41. The summed E-state index contributed by atoms with van der Waals surface area (Å²) in [4.78, 5) is 20.9. The van der Waals surface area contributed by atoms with Gasteiger partial charge in [-0.2, -0.15) is 5.21 Å². The van der Waals surface area contributed by atoms with Crippen molar-refractivity contribution in [2.45, 2.75) is 31.8 Å². The molecule has 0 aliphatic carbocycles. The summed E-state index contributed by atoms with van der Waals surface area (Å²) in [6.07, 6.45) is 1.88. The van der Waals surface area contributed by atoms with Crippen LogP contribution in [0.15, 0.2) is 5.03 Å². The number of H-pyrrole nitrogens is 1. The van der Waals surface area contributed by atoms with Gasteiger partial charge in [0.05, 0.1) is 17.3 Å². The fraction of sp³-hybridized carbons (Fsp3) is 0.455. The van der Waals surface area contributed by atoms with E-state index in [-0.39, 0.29) is 11.9 Å². The van der Waals surface area contributed by atoms with Crippen LogP contribution in [0.3, 0.4) is 0 Å². The maximum Gasteiger partial charge on any atom is 0.256 e. The van der Waals surface area contributed by atoms with E-state index in [2.05, 4.69) is 35.9 Å². The summed E-state index contributed by atoms with van der Waals surface area (Å²) in [7, 11) is 0. The fourth-order valence-corrected chi connectivity index (χ4v) is 2.44. The van der Waals surface area contributed by atoms with Crippen molar-refractivity contribution in [1.29, 1.82) is 0 Å². The average Bonchev–Trinajstić information content (AvgIpc) is 2.91. The molecule has 0 aromatic carbocycles. The lowest BCUT2D eigenvalue weighted by Gasteiger charge is -2.13. The van der Waals surface area contributed by atoms with Gasteiger partial charge in [-0.15, -0.1) is 22.0 Å². The maximum atomic E-state index is 12.4. The zero-order chi connectivity index (χ0) is 14.7. The van der Waals surface area contributed by atoms with E-state index in [9.17, 15) is 4.79 Å². The van der Waals surface area contributed by atoms with Crippen LogP contribution in [0.2, 0.25) is 0 Å². The Hall–Kier alpha value is -2.03. The zero-order valence-electron chi connectivity index (χ0n) is 11.6. The van der Waals surface area contributed by atoms with Crippen LogP contribution in [-0.4, -0.2) is 42.8 Å². The molecule has 0 aliphatic rings. The van der Waals surface area contributed by atoms with Crippen molar-refractivity contribution < 1.29 is 4.79 Å². The van der Waals surface area contributed by atoms with E-state index in [1.165, 1.54) is 11.8 Å². The molecule has 1 amide bonds. The van der Waals surface area contributed by atoms with Crippen LogP contribution >= 0.6 is 11.8 Å². The molecular weight excluding hydrogens is 278 g/mol. The van der Waals surface area contributed by atoms with Gasteiger partial charge >= 0.3 is 0 Å². The largest absolute Gasteiger partial charge is 0.342 e. The Bertz CT molecular complexity index is 613. The first-order chi connectivity index (χ1) is 9.52. The molecule has 0 radical (unpaired) electrons. The molecule has 0 fully saturated rings. The Kier molecular flexibility index (Phi) is 4.28. The number of thioether (sulfide) groups is 1. The minimum Gasteiger partial charge on any atom is -0.342 e. The van der Waals surface area contributed by atoms with E-state index in [1.807, 2.05) is 6.26 Å². The van der Waals surface area contributed by atoms with Gasteiger partial charge < -0.3 is 5.32 Å². The smallest absolute Gasteiger partial charge is 0.256 e. The van der Waals surface area contributed by atoms with Crippen molar-refractivity contribution in [3.05, 3.63) is 22.9 Å². The van der Waals surface area contributed by atoms with E-state index >= 15 is 0 Å². The SMILES string of the molecule is CSc1nc(C)nc(C)c1C(=O)NC(C)c1nn[nH]n1. The molecule has 2 heterocycles. The molecular formula is C11H15N7OS. The molecule has 2 N–H and O–H groups in total. The molecule has 0 bridgehead atoms. The second kappa shape index (κ2) is 5.95. The molecule has 0 saturated carbocycles. The predicted molar refractivity (Wildman–Crippen MR) is 73.3 cm³/mol. The van der Waals surface area contributed by atoms with Crippen LogP contribution in [0.25, 0.3) is 0 Å². The van der Waals surface area contributed by atoms with Gasteiger partial charge in [-0.3, -0.25) is 4.79 Å². The number of amides is 1. The minimum atomic E-state index is -0.350. The Labute approximate surface area is 120 Å². The van der Waals surface area contributed by atoms with Gasteiger partial charge in [0, 0.05) is 0 Å². The zero-order valence-corrected chi connectivity index (χ0v) is 12.4. The molecule has 1 unspecified atom stereocenters. The number of tetrazole rings is 1. The molecule has 2 aromatic heterocycles. The quantitative estimate of drug-likeness (QED) is 0.634. The predicted octanol–water partition coefficient (Wildman–Crippen LogP) is 0.819. The Morgan fingerprint density at radius 1 is 1.35 bits per heavy atom. The molecule has 2 aromatic rings. The number of aromatic nitrogens is 6. The molecule has 106 valence electrons. The third-order valence-corrected chi connectivity index (χ3v) is 3.37. The highest BCUT2D eigenvalue weighted by Gasteiger charge is 2.21. The van der Waals surface area contributed by atoms with Gasteiger partial charge in [0.1, 0.15) is 10.9 Å². The Morgan fingerprint density at radius 2 is 2.10 bits per heavy atom. The molecule has 9 heteroatoms. The Morgan fingerprint density at radius 3 is 2.70 bits per heavy atom. The molecule has 1 atom stereocenters. The lowest BCUT2D eigenvalue weighted by molar-refractivity contribution is 0.0933. The standard InChI is InChI=1S/C11H15N7OS/c1-5-8(11(20-4)14-7(3)12-5)10(19)13-6(2)9-15-17-18-16-9/h6H,1-4H3,(H,13,19)(H,15,16,17,18). The first-order valence-corrected chi connectivity index (χ1v) is 7.18. The van der Waals surface area contributed by atoms with Crippen molar-refractivity contribution in [3.8, 4) is 0 Å². The van der Waals surface area contributed by atoms with E-state index < -0.39 is 0 Å². The van der Waals surface area contributed by atoms with Gasteiger partial charge in [-0.05, 0) is 27.0 Å². The van der Waals surface area contributed by atoms with E-state index in [0.717, 1.165) is 0 Å². The highest BCUT2D eigenvalue weighted by molar-refractivity contribution is 7.98. The van der Waals surface area contributed by atoms with Crippen LogP contribution in [0, 0.1) is 13.8 Å². The first-order valence-electron chi connectivity index (χ1n) is 5.96. The summed E-state index contributed by atoms with van der Waals surface area (Å²) in [6.45, 7) is 5.38. The molecule has 2 rings (SSSR count). The first kappa shape index (κ1) is 14.4. The minimum absolute atomic E-state index is 0.246. The van der Waals surface area contributed by atoms with Crippen molar-refractivity contribution in [1.82, 2.24) is 35.9 Å². The number of rotatable bonds is 4. The number of carbonyl (C=O) groups is 1. The van der Waals surface area contributed by atoms with E-state index in [0.29, 0.717) is 27.9 Å². The number of nitrogens with one attached hydrogen (secondary N) is 2. The number of aryl methyl sites for hydroxylation is 2. The van der Waals surface area contributed by atoms with Crippen LogP contribution < -0.4 is 5.32 Å². The number of hydrogen-bond donors (Lipinski definition) is 2. The third-order valence-electron chi connectivity index (χ3n) is 2.69. The molecule has 20 heavy (non-hydrogen) atoms. The summed E-state index contributed by atoms with van der Waals surface area (Å²) in [6, 6.07) is -0.350. The maximum absolute atomic E-state index is 12.4. The highest BCUT2D eigenvalue weighted by Crippen LogP contribution is 2.21. The number of nitrogens with zero attached hydrogens (tertiary/aromatic N) is 5. The van der Waals surface area contributed by atoms with Crippen molar-refractivity contribution >= 4 is 17.7 Å². The number of hydrogen-bond acceptors (Lipinski definition) is 7. The van der Waals surface area contributed by atoms with Crippen molar-refractivity contribution in [2.75, 3.05) is 6.26 Å². The van der Waals surface area contributed by atoms with Gasteiger partial charge in [-0.1, -0.05) is 5.21 Å². The van der Waals surface area contributed by atoms with Crippen molar-refractivity contribution in [3.63, 3.8) is 0 Å². The second-order valence-corrected chi connectivity index (χ2v) is 5.00. The van der Waals surface area contributed by atoms with Gasteiger partial charge in [-0.25, -0.2) is 9.97 Å². The lowest BCUT2D eigenvalue weighted by Crippen LogP contribution is -2.29. The summed E-state index contributed by atoms with van der Waals surface area (Å²) in [5.74, 6) is 0.827. The van der Waals surface area contributed by atoms with Crippen LogP contribution in [0.4, 0.5) is 0 Å². The summed E-state index contributed by atoms with van der Waals surface area (Å²) < 4.78 is 0. The highest BCUT2D eigenvalue weighted by atomic mass is 32.2. The van der Waals surface area contributed by atoms with Gasteiger partial charge in [0.2, 0.25) is 0 Å². The normalized spacial score (nSPS) is 12.2. The van der Waals surface area contributed by atoms with Crippen LogP contribution in [0.5, 0.6) is 0 Å². The number of carbonyl (C=O) groups excluding carboxylic acids is 1. The molecule has 0 spiro atoms. The van der Waals surface area contributed by atoms with Gasteiger partial charge in [0.25, 0.3) is 5.91 Å².